The van der Waals surface area contributed by atoms with E-state index in [1.807, 2.05) is 36.1 Å². The van der Waals surface area contributed by atoms with Gasteiger partial charge in [0.1, 0.15) is 11.4 Å². The average molecular weight is 424 g/mol. The Morgan fingerprint density at radius 1 is 1.23 bits per heavy atom. The number of nitrogens with two attached hydrogens (primary N) is 2. The maximum absolute atomic E-state index is 12.5. The molecule has 31 heavy (non-hydrogen) atoms. The number of likely N-dealkylation sites (tertiary alicyclic amines) is 1. The number of rotatable bonds is 6. The third-order valence-electron chi connectivity index (χ3n) is 6.07. The number of carbonyl (C=O) groups is 2. The van der Waals surface area contributed by atoms with Gasteiger partial charge < -0.3 is 27.0 Å². The van der Waals surface area contributed by atoms with E-state index in [9.17, 15) is 9.59 Å². The van der Waals surface area contributed by atoms with E-state index < -0.39 is 5.91 Å². The van der Waals surface area contributed by atoms with Crippen molar-refractivity contribution < 1.29 is 9.59 Å². The van der Waals surface area contributed by atoms with Crippen LogP contribution in [0.4, 0.5) is 17.5 Å². The second kappa shape index (κ2) is 8.89. The van der Waals surface area contributed by atoms with Crippen molar-refractivity contribution >= 4 is 29.3 Å². The van der Waals surface area contributed by atoms with Crippen molar-refractivity contribution in [1.82, 2.24) is 14.9 Å². The molecule has 0 unspecified atom stereocenters. The van der Waals surface area contributed by atoms with E-state index in [1.54, 1.807) is 0 Å². The molecular weight excluding hydrogens is 394 g/mol. The Labute approximate surface area is 181 Å². The van der Waals surface area contributed by atoms with Gasteiger partial charge in [0.25, 0.3) is 5.91 Å². The number of nitrogens with zero attached hydrogens (tertiary/aromatic N) is 3. The molecule has 1 saturated heterocycles. The molecule has 164 valence electrons. The number of aryl methyl sites for hydroxylation is 1. The molecule has 1 saturated carbocycles. The number of amides is 2. The van der Waals surface area contributed by atoms with Crippen LogP contribution in [0.1, 0.15) is 41.6 Å². The minimum atomic E-state index is -0.608. The summed E-state index contributed by atoms with van der Waals surface area (Å²) in [7, 11) is 0. The van der Waals surface area contributed by atoms with Gasteiger partial charge in [-0.1, -0.05) is 12.1 Å². The number of carbonyl (C=O) groups excluding carboxylic acids is 2. The SMILES string of the molecule is Cc1cccc(Nc2nc(N[C@H]3CC[C@H](C(=O)N4CCC4)C[C@H]3N)ncc2C(N)=O)c1. The normalized spacial score (nSPS) is 23.0. The van der Waals surface area contributed by atoms with Gasteiger partial charge in [-0.3, -0.25) is 9.59 Å². The lowest BCUT2D eigenvalue weighted by atomic mass is 9.81. The van der Waals surface area contributed by atoms with E-state index in [2.05, 4.69) is 20.6 Å². The lowest BCUT2D eigenvalue weighted by molar-refractivity contribution is -0.140. The summed E-state index contributed by atoms with van der Waals surface area (Å²) in [5.74, 6) is 0.319. The number of anilines is 3. The van der Waals surface area contributed by atoms with E-state index in [1.165, 1.54) is 6.20 Å². The summed E-state index contributed by atoms with van der Waals surface area (Å²) in [6, 6.07) is 7.51. The number of aromatic nitrogens is 2. The van der Waals surface area contributed by atoms with Crippen LogP contribution in [0.2, 0.25) is 0 Å². The van der Waals surface area contributed by atoms with Crippen molar-refractivity contribution in [2.45, 2.75) is 44.7 Å². The van der Waals surface area contributed by atoms with Gasteiger partial charge in [-0.15, -0.1) is 0 Å². The van der Waals surface area contributed by atoms with Crippen LogP contribution in [-0.2, 0) is 4.79 Å². The molecule has 1 aliphatic heterocycles. The highest BCUT2D eigenvalue weighted by molar-refractivity contribution is 5.98. The third-order valence-corrected chi connectivity index (χ3v) is 6.07. The zero-order valence-electron chi connectivity index (χ0n) is 17.7. The quantitative estimate of drug-likeness (QED) is 0.555. The highest BCUT2D eigenvalue weighted by atomic mass is 16.2. The molecule has 2 heterocycles. The van der Waals surface area contributed by atoms with Crippen molar-refractivity contribution in [3.63, 3.8) is 0 Å². The molecule has 1 aromatic carbocycles. The van der Waals surface area contributed by atoms with Crippen molar-refractivity contribution in [3.05, 3.63) is 41.6 Å². The minimum Gasteiger partial charge on any atom is -0.365 e. The molecule has 0 bridgehead atoms. The number of benzene rings is 1. The summed E-state index contributed by atoms with van der Waals surface area (Å²) in [5.41, 5.74) is 14.0. The van der Waals surface area contributed by atoms with E-state index in [4.69, 9.17) is 11.5 Å². The fourth-order valence-electron chi connectivity index (χ4n) is 4.16. The molecule has 6 N–H and O–H groups in total. The molecule has 0 radical (unpaired) electrons. The second-order valence-corrected chi connectivity index (χ2v) is 8.42. The van der Waals surface area contributed by atoms with Gasteiger partial charge >= 0.3 is 0 Å². The van der Waals surface area contributed by atoms with Gasteiger partial charge in [-0.25, -0.2) is 4.98 Å². The predicted molar refractivity (Wildman–Crippen MR) is 119 cm³/mol. The standard InChI is InChI=1S/C22H29N7O2/c1-13-4-2-5-15(10-13)26-20-16(19(24)30)12-25-22(28-20)27-18-7-6-14(11-17(18)23)21(31)29-8-3-9-29/h2,4-5,10,12,14,17-18H,3,6-9,11,23H2,1H3,(H2,24,30)(H2,25,26,27,28)/t14-,17+,18-/m0/s1. The van der Waals surface area contributed by atoms with E-state index in [0.717, 1.165) is 43.6 Å². The highest BCUT2D eigenvalue weighted by Crippen LogP contribution is 2.29. The van der Waals surface area contributed by atoms with Gasteiger partial charge in [0.15, 0.2) is 0 Å². The van der Waals surface area contributed by atoms with Crippen LogP contribution in [-0.4, -0.2) is 51.9 Å². The van der Waals surface area contributed by atoms with Crippen molar-refractivity contribution in [2.24, 2.45) is 17.4 Å². The summed E-state index contributed by atoms with van der Waals surface area (Å²) < 4.78 is 0. The van der Waals surface area contributed by atoms with Crippen LogP contribution in [0.15, 0.2) is 30.5 Å². The van der Waals surface area contributed by atoms with Crippen LogP contribution in [0.25, 0.3) is 0 Å². The first kappa shape index (κ1) is 21.0. The Morgan fingerprint density at radius 2 is 2.03 bits per heavy atom. The number of nitrogens with one attached hydrogen (secondary N) is 2. The van der Waals surface area contributed by atoms with E-state index in [-0.39, 0.29) is 29.5 Å². The lowest BCUT2D eigenvalue weighted by Gasteiger charge is -2.39. The first-order chi connectivity index (χ1) is 14.9. The summed E-state index contributed by atoms with van der Waals surface area (Å²) in [4.78, 5) is 35.0. The Balaban J connectivity index is 1.46. The zero-order chi connectivity index (χ0) is 22.0. The van der Waals surface area contributed by atoms with Crippen molar-refractivity contribution in [1.29, 1.82) is 0 Å². The Bertz CT molecular complexity index is 976. The molecule has 2 aliphatic rings. The fraction of sp³-hybridized carbons (Fsp3) is 0.455. The maximum Gasteiger partial charge on any atom is 0.254 e. The first-order valence-electron chi connectivity index (χ1n) is 10.7. The van der Waals surface area contributed by atoms with Crippen molar-refractivity contribution in [2.75, 3.05) is 23.7 Å². The highest BCUT2D eigenvalue weighted by Gasteiger charge is 2.35. The second-order valence-electron chi connectivity index (χ2n) is 8.42. The molecule has 2 aromatic rings. The van der Waals surface area contributed by atoms with Crippen LogP contribution in [0.3, 0.4) is 0 Å². The van der Waals surface area contributed by atoms with Gasteiger partial charge in [-0.05, 0) is 50.3 Å². The lowest BCUT2D eigenvalue weighted by Crippen LogP contribution is -2.51. The van der Waals surface area contributed by atoms with Gasteiger partial charge in [0, 0.05) is 43.0 Å². The number of hydrogen-bond donors (Lipinski definition) is 4. The smallest absolute Gasteiger partial charge is 0.254 e. The Kier molecular flexibility index (Phi) is 6.03. The minimum absolute atomic E-state index is 0.00921. The Hall–Kier alpha value is -3.20. The molecule has 2 fully saturated rings. The molecular formula is C22H29N7O2. The first-order valence-corrected chi connectivity index (χ1v) is 10.7. The Morgan fingerprint density at radius 3 is 2.68 bits per heavy atom. The molecule has 9 heteroatoms. The van der Waals surface area contributed by atoms with Crippen LogP contribution < -0.4 is 22.1 Å². The number of hydrogen-bond acceptors (Lipinski definition) is 7. The largest absolute Gasteiger partial charge is 0.365 e. The van der Waals surface area contributed by atoms with Crippen LogP contribution >= 0.6 is 0 Å². The monoisotopic (exact) mass is 423 g/mol. The third kappa shape index (κ3) is 4.77. The van der Waals surface area contributed by atoms with Gasteiger partial charge in [0.05, 0.1) is 0 Å². The zero-order valence-corrected chi connectivity index (χ0v) is 17.7. The summed E-state index contributed by atoms with van der Waals surface area (Å²) in [5, 5.41) is 6.44. The summed E-state index contributed by atoms with van der Waals surface area (Å²) in [6.07, 6.45) is 4.69. The summed E-state index contributed by atoms with van der Waals surface area (Å²) >= 11 is 0. The molecule has 9 nitrogen and oxygen atoms in total. The molecule has 1 aliphatic carbocycles. The topological polar surface area (TPSA) is 139 Å². The average Bonchev–Trinajstić information content (AvgIpc) is 2.68. The molecule has 3 atom stereocenters. The van der Waals surface area contributed by atoms with Crippen LogP contribution in [0.5, 0.6) is 0 Å². The van der Waals surface area contributed by atoms with Crippen molar-refractivity contribution in [3.8, 4) is 0 Å². The summed E-state index contributed by atoms with van der Waals surface area (Å²) in [6.45, 7) is 3.71. The molecule has 2 amide bonds. The van der Waals surface area contributed by atoms with E-state index >= 15 is 0 Å². The van der Waals surface area contributed by atoms with Gasteiger partial charge in [-0.2, -0.15) is 4.98 Å². The van der Waals surface area contributed by atoms with Crippen LogP contribution in [0, 0.1) is 12.8 Å². The predicted octanol–water partition coefficient (Wildman–Crippen LogP) is 1.77. The fourth-order valence-corrected chi connectivity index (χ4v) is 4.16. The molecule has 4 rings (SSSR count). The van der Waals surface area contributed by atoms with Gasteiger partial charge in [0.2, 0.25) is 11.9 Å². The molecule has 1 aromatic heterocycles. The number of primary amides is 1. The maximum atomic E-state index is 12.5. The molecule has 0 spiro atoms. The van der Waals surface area contributed by atoms with E-state index in [0.29, 0.717) is 18.2 Å².